The SMILES string of the molecule is O=C(c1cnc(NCCCc2ccccc2)nc1)N1CCOCC1. The van der Waals surface area contributed by atoms with Crippen LogP contribution in [0.4, 0.5) is 5.95 Å². The molecule has 1 amide bonds. The van der Waals surface area contributed by atoms with Gasteiger partial charge in [0.1, 0.15) is 0 Å². The Hall–Kier alpha value is -2.47. The number of carbonyl (C=O) groups is 1. The summed E-state index contributed by atoms with van der Waals surface area (Å²) in [6, 6.07) is 10.4. The summed E-state index contributed by atoms with van der Waals surface area (Å²) in [6.07, 6.45) is 5.19. The van der Waals surface area contributed by atoms with Crippen LogP contribution >= 0.6 is 0 Å². The minimum atomic E-state index is -0.0334. The van der Waals surface area contributed by atoms with Crippen LogP contribution in [0, 0.1) is 0 Å². The van der Waals surface area contributed by atoms with Crippen molar-refractivity contribution in [2.45, 2.75) is 12.8 Å². The second kappa shape index (κ2) is 8.40. The van der Waals surface area contributed by atoms with Gasteiger partial charge in [-0.05, 0) is 18.4 Å². The average molecular weight is 326 g/mol. The summed E-state index contributed by atoms with van der Waals surface area (Å²) in [6.45, 7) is 3.23. The van der Waals surface area contributed by atoms with Crippen LogP contribution in [0.3, 0.4) is 0 Å². The summed E-state index contributed by atoms with van der Waals surface area (Å²) in [5.41, 5.74) is 1.85. The van der Waals surface area contributed by atoms with E-state index in [1.807, 2.05) is 6.07 Å². The van der Waals surface area contributed by atoms with Crippen molar-refractivity contribution in [2.24, 2.45) is 0 Å². The summed E-state index contributed by atoms with van der Waals surface area (Å²) < 4.78 is 5.26. The number of nitrogens with one attached hydrogen (secondary N) is 1. The summed E-state index contributed by atoms with van der Waals surface area (Å²) in [5, 5.41) is 3.19. The minimum absolute atomic E-state index is 0.0334. The van der Waals surface area contributed by atoms with Crippen molar-refractivity contribution >= 4 is 11.9 Å². The summed E-state index contributed by atoms with van der Waals surface area (Å²) >= 11 is 0. The minimum Gasteiger partial charge on any atom is -0.378 e. The standard InChI is InChI=1S/C18H22N4O2/c23-17(22-9-11-24-12-10-22)16-13-20-18(21-14-16)19-8-4-7-15-5-2-1-3-6-15/h1-3,5-6,13-14H,4,7-12H2,(H,19,20,21). The van der Waals surface area contributed by atoms with E-state index in [9.17, 15) is 4.79 Å². The highest BCUT2D eigenvalue weighted by atomic mass is 16.5. The van der Waals surface area contributed by atoms with Crippen molar-refractivity contribution in [1.29, 1.82) is 0 Å². The summed E-state index contributed by atoms with van der Waals surface area (Å²) in [5.74, 6) is 0.524. The van der Waals surface area contributed by atoms with E-state index in [1.54, 1.807) is 17.3 Å². The lowest BCUT2D eigenvalue weighted by atomic mass is 10.1. The lowest BCUT2D eigenvalue weighted by molar-refractivity contribution is 0.0302. The second-order valence-corrected chi connectivity index (χ2v) is 5.72. The van der Waals surface area contributed by atoms with E-state index in [2.05, 4.69) is 39.6 Å². The van der Waals surface area contributed by atoms with Crippen LogP contribution in [0.25, 0.3) is 0 Å². The third-order valence-corrected chi connectivity index (χ3v) is 3.97. The molecule has 3 rings (SSSR count). The molecule has 24 heavy (non-hydrogen) atoms. The zero-order chi connectivity index (χ0) is 16.6. The average Bonchev–Trinajstić information content (AvgIpc) is 2.67. The number of anilines is 1. The fourth-order valence-electron chi connectivity index (χ4n) is 2.62. The maximum Gasteiger partial charge on any atom is 0.257 e. The lowest BCUT2D eigenvalue weighted by Crippen LogP contribution is -2.40. The van der Waals surface area contributed by atoms with Gasteiger partial charge in [0.2, 0.25) is 5.95 Å². The predicted octanol–water partition coefficient (Wildman–Crippen LogP) is 1.99. The molecule has 0 atom stereocenters. The molecule has 0 radical (unpaired) electrons. The third kappa shape index (κ3) is 4.52. The molecule has 1 fully saturated rings. The fraction of sp³-hybridized carbons (Fsp3) is 0.389. The number of amides is 1. The van der Waals surface area contributed by atoms with Crippen LogP contribution in [0.1, 0.15) is 22.3 Å². The Bertz CT molecular complexity index is 640. The first-order valence-corrected chi connectivity index (χ1v) is 8.30. The molecule has 126 valence electrons. The number of aryl methyl sites for hydroxylation is 1. The molecule has 0 bridgehead atoms. The second-order valence-electron chi connectivity index (χ2n) is 5.72. The molecule has 0 aliphatic carbocycles. The Balaban J connectivity index is 1.45. The molecule has 2 aromatic rings. The first-order valence-electron chi connectivity index (χ1n) is 8.30. The van der Waals surface area contributed by atoms with Crippen LogP contribution in [-0.2, 0) is 11.2 Å². The zero-order valence-electron chi connectivity index (χ0n) is 13.6. The molecular formula is C18H22N4O2. The Morgan fingerprint density at radius 1 is 1.12 bits per heavy atom. The van der Waals surface area contributed by atoms with Gasteiger partial charge in [0.05, 0.1) is 18.8 Å². The van der Waals surface area contributed by atoms with E-state index in [-0.39, 0.29) is 5.91 Å². The molecule has 1 aliphatic heterocycles. The zero-order valence-corrected chi connectivity index (χ0v) is 13.6. The number of hydrogen-bond acceptors (Lipinski definition) is 5. The molecule has 0 unspecified atom stereocenters. The van der Waals surface area contributed by atoms with Gasteiger partial charge in [0.15, 0.2) is 0 Å². The normalized spacial score (nSPS) is 14.4. The first-order chi connectivity index (χ1) is 11.8. The van der Waals surface area contributed by atoms with Crippen LogP contribution in [0.15, 0.2) is 42.7 Å². The van der Waals surface area contributed by atoms with Gasteiger partial charge in [-0.25, -0.2) is 9.97 Å². The summed E-state index contributed by atoms with van der Waals surface area (Å²) in [7, 11) is 0. The highest BCUT2D eigenvalue weighted by molar-refractivity contribution is 5.93. The number of benzene rings is 1. The largest absolute Gasteiger partial charge is 0.378 e. The van der Waals surface area contributed by atoms with Crippen molar-refractivity contribution in [3.8, 4) is 0 Å². The van der Waals surface area contributed by atoms with Crippen molar-refractivity contribution in [3.05, 3.63) is 53.9 Å². The topological polar surface area (TPSA) is 67.4 Å². The van der Waals surface area contributed by atoms with Crippen molar-refractivity contribution in [1.82, 2.24) is 14.9 Å². The number of aromatic nitrogens is 2. The van der Waals surface area contributed by atoms with Crippen LogP contribution in [-0.4, -0.2) is 53.6 Å². The molecule has 6 nitrogen and oxygen atoms in total. The maximum atomic E-state index is 12.3. The quantitative estimate of drug-likeness (QED) is 0.822. The van der Waals surface area contributed by atoms with Crippen LogP contribution in [0.5, 0.6) is 0 Å². The highest BCUT2D eigenvalue weighted by Gasteiger charge is 2.18. The van der Waals surface area contributed by atoms with E-state index in [1.165, 1.54) is 5.56 Å². The molecule has 1 aromatic carbocycles. The first kappa shape index (κ1) is 16.4. The van der Waals surface area contributed by atoms with Crippen LogP contribution < -0.4 is 5.32 Å². The number of hydrogen-bond donors (Lipinski definition) is 1. The van der Waals surface area contributed by atoms with Crippen molar-refractivity contribution in [3.63, 3.8) is 0 Å². The Kier molecular flexibility index (Phi) is 5.74. The van der Waals surface area contributed by atoms with Gasteiger partial charge in [0, 0.05) is 32.0 Å². The number of carbonyl (C=O) groups excluding carboxylic acids is 1. The van der Waals surface area contributed by atoms with E-state index in [0.29, 0.717) is 37.8 Å². The summed E-state index contributed by atoms with van der Waals surface area (Å²) in [4.78, 5) is 22.5. The molecular weight excluding hydrogens is 304 g/mol. The molecule has 1 aromatic heterocycles. The van der Waals surface area contributed by atoms with Gasteiger partial charge in [-0.1, -0.05) is 30.3 Å². The number of rotatable bonds is 6. The Morgan fingerprint density at radius 3 is 2.54 bits per heavy atom. The molecule has 0 saturated carbocycles. The smallest absolute Gasteiger partial charge is 0.257 e. The van der Waals surface area contributed by atoms with E-state index >= 15 is 0 Å². The van der Waals surface area contributed by atoms with Crippen molar-refractivity contribution in [2.75, 3.05) is 38.2 Å². The molecule has 1 aliphatic rings. The number of morpholine rings is 1. The highest BCUT2D eigenvalue weighted by Crippen LogP contribution is 2.08. The van der Waals surface area contributed by atoms with Gasteiger partial charge < -0.3 is 15.0 Å². The third-order valence-electron chi connectivity index (χ3n) is 3.97. The predicted molar refractivity (Wildman–Crippen MR) is 92.0 cm³/mol. The molecule has 2 heterocycles. The number of ether oxygens (including phenoxy) is 1. The molecule has 1 N–H and O–H groups in total. The Morgan fingerprint density at radius 2 is 1.83 bits per heavy atom. The fourth-order valence-corrected chi connectivity index (χ4v) is 2.62. The van der Waals surface area contributed by atoms with Gasteiger partial charge in [-0.15, -0.1) is 0 Å². The lowest BCUT2D eigenvalue weighted by Gasteiger charge is -2.26. The van der Waals surface area contributed by atoms with Crippen molar-refractivity contribution < 1.29 is 9.53 Å². The molecule has 1 saturated heterocycles. The van der Waals surface area contributed by atoms with Gasteiger partial charge in [-0.2, -0.15) is 0 Å². The van der Waals surface area contributed by atoms with Gasteiger partial charge >= 0.3 is 0 Å². The molecule has 0 spiro atoms. The monoisotopic (exact) mass is 326 g/mol. The number of nitrogens with zero attached hydrogens (tertiary/aromatic N) is 3. The van der Waals surface area contributed by atoms with E-state index in [4.69, 9.17) is 4.74 Å². The van der Waals surface area contributed by atoms with Gasteiger partial charge in [-0.3, -0.25) is 4.79 Å². The van der Waals surface area contributed by atoms with E-state index < -0.39 is 0 Å². The maximum absolute atomic E-state index is 12.3. The van der Waals surface area contributed by atoms with E-state index in [0.717, 1.165) is 19.4 Å². The Labute approximate surface area is 141 Å². The van der Waals surface area contributed by atoms with Gasteiger partial charge in [0.25, 0.3) is 5.91 Å². The molecule has 6 heteroatoms. The van der Waals surface area contributed by atoms with Crippen LogP contribution in [0.2, 0.25) is 0 Å².